The van der Waals surface area contributed by atoms with Crippen LogP contribution in [0.5, 0.6) is 0 Å². The van der Waals surface area contributed by atoms with Crippen molar-refractivity contribution in [2.24, 2.45) is 0 Å². The molecular weight excluding hydrogens is 275 g/mol. The predicted molar refractivity (Wildman–Crippen MR) is 59.3 cm³/mol. The quantitative estimate of drug-likeness (QED) is 0.639. The second-order valence-electron chi connectivity index (χ2n) is 2.59. The van der Waals surface area contributed by atoms with E-state index in [0.717, 1.165) is 0 Å². The first-order valence-electron chi connectivity index (χ1n) is 4.76. The number of nitriles is 2. The Morgan fingerprint density at radius 1 is 0.867 bits per heavy atom. The molecule has 3 heteroatoms. The Hall–Kier alpha value is -0.917. The average molecular weight is 293 g/mol. The third kappa shape index (κ3) is 32.0. The van der Waals surface area contributed by atoms with Crippen molar-refractivity contribution in [1.29, 1.82) is 10.5 Å². The molecule has 0 aromatic rings. The van der Waals surface area contributed by atoms with Gasteiger partial charge >= 0.3 is 0 Å². The van der Waals surface area contributed by atoms with Crippen molar-refractivity contribution < 1.29 is 19.5 Å². The number of rotatable bonds is 0. The molecule has 0 fully saturated rings. The number of hydrogen-bond acceptors (Lipinski definition) is 2. The molecule has 0 bridgehead atoms. The summed E-state index contributed by atoms with van der Waals surface area (Å²) in [6.45, 7) is 2.86. The molecule has 85 valence electrons. The zero-order valence-electron chi connectivity index (χ0n) is 9.37. The van der Waals surface area contributed by atoms with Crippen LogP contribution in [0.4, 0.5) is 0 Å². The van der Waals surface area contributed by atoms with Gasteiger partial charge in [-0.05, 0) is 25.7 Å². The van der Waals surface area contributed by atoms with Gasteiger partial charge < -0.3 is 0 Å². The van der Waals surface area contributed by atoms with Gasteiger partial charge in [-0.1, -0.05) is 24.3 Å². The molecule has 0 N–H and O–H groups in total. The second kappa shape index (κ2) is 23.2. The van der Waals surface area contributed by atoms with E-state index < -0.39 is 0 Å². The summed E-state index contributed by atoms with van der Waals surface area (Å²) in [6, 6.07) is 3.50. The summed E-state index contributed by atoms with van der Waals surface area (Å²) in [5.41, 5.74) is 0. The third-order valence-corrected chi connectivity index (χ3v) is 1.37. The summed E-state index contributed by atoms with van der Waals surface area (Å²) in [4.78, 5) is 0. The Balaban J connectivity index is -0.000000177. The van der Waals surface area contributed by atoms with Gasteiger partial charge in [0.1, 0.15) is 0 Å². The Kier molecular flexibility index (Phi) is 30.3. The topological polar surface area (TPSA) is 47.6 Å². The van der Waals surface area contributed by atoms with E-state index in [-0.39, 0.29) is 19.5 Å². The summed E-state index contributed by atoms with van der Waals surface area (Å²) in [7, 11) is 0. The molecule has 0 saturated carbocycles. The molecular formula is C12H18N2Rh. The largest absolute Gasteiger partial charge is 0.199 e. The molecule has 15 heavy (non-hydrogen) atoms. The molecule has 0 aromatic heterocycles. The van der Waals surface area contributed by atoms with Crippen molar-refractivity contribution in [1.82, 2.24) is 0 Å². The molecule has 1 aliphatic carbocycles. The minimum absolute atomic E-state index is 0. The van der Waals surface area contributed by atoms with Crippen LogP contribution in [0.25, 0.3) is 0 Å². The van der Waals surface area contributed by atoms with Crippen LogP contribution >= 0.6 is 0 Å². The van der Waals surface area contributed by atoms with Gasteiger partial charge in [-0.3, -0.25) is 0 Å². The molecule has 0 aliphatic heterocycles. The van der Waals surface area contributed by atoms with E-state index in [1.54, 1.807) is 12.1 Å². The van der Waals surface area contributed by atoms with Crippen molar-refractivity contribution in [2.45, 2.75) is 39.5 Å². The van der Waals surface area contributed by atoms with E-state index in [2.05, 4.69) is 24.3 Å². The van der Waals surface area contributed by atoms with Crippen LogP contribution in [-0.2, 0) is 19.5 Å². The standard InChI is InChI=1S/C8H12.2C2H3N.Rh/c1-2-4-6-8-7-5-3-1;2*1-2-3;/h1-4H,5-8H2;2*1H3;. The van der Waals surface area contributed by atoms with Crippen LogP contribution < -0.4 is 0 Å². The summed E-state index contributed by atoms with van der Waals surface area (Å²) in [5, 5.41) is 14.6. The first-order valence-corrected chi connectivity index (χ1v) is 4.76. The van der Waals surface area contributed by atoms with Crippen molar-refractivity contribution in [3.8, 4) is 12.1 Å². The zero-order valence-corrected chi connectivity index (χ0v) is 11.0. The van der Waals surface area contributed by atoms with Crippen molar-refractivity contribution in [3.05, 3.63) is 24.3 Å². The molecule has 1 rings (SSSR count). The van der Waals surface area contributed by atoms with Gasteiger partial charge in [0.15, 0.2) is 0 Å². The number of allylic oxidation sites excluding steroid dienone is 4. The minimum atomic E-state index is 0. The second-order valence-corrected chi connectivity index (χ2v) is 2.59. The van der Waals surface area contributed by atoms with Crippen LogP contribution in [0.3, 0.4) is 0 Å². The molecule has 0 amide bonds. The van der Waals surface area contributed by atoms with Crippen LogP contribution in [0, 0.1) is 22.7 Å². The molecule has 0 saturated heterocycles. The summed E-state index contributed by atoms with van der Waals surface area (Å²) in [5.74, 6) is 0. The Labute approximate surface area is 106 Å². The fraction of sp³-hybridized carbons (Fsp3) is 0.500. The first-order chi connectivity index (χ1) is 6.83. The van der Waals surface area contributed by atoms with E-state index in [1.807, 2.05) is 0 Å². The van der Waals surface area contributed by atoms with Crippen LogP contribution in [0.2, 0.25) is 0 Å². The van der Waals surface area contributed by atoms with Gasteiger partial charge in [0.2, 0.25) is 0 Å². The Bertz CT molecular complexity index is 205. The van der Waals surface area contributed by atoms with E-state index in [1.165, 1.54) is 39.5 Å². The summed E-state index contributed by atoms with van der Waals surface area (Å²) in [6.07, 6.45) is 14.0. The van der Waals surface area contributed by atoms with E-state index in [9.17, 15) is 0 Å². The zero-order chi connectivity index (χ0) is 11.1. The summed E-state index contributed by atoms with van der Waals surface area (Å²) < 4.78 is 0. The van der Waals surface area contributed by atoms with Crippen molar-refractivity contribution in [2.75, 3.05) is 0 Å². The molecule has 0 heterocycles. The summed E-state index contributed by atoms with van der Waals surface area (Å²) >= 11 is 0. The number of hydrogen-bond donors (Lipinski definition) is 0. The van der Waals surface area contributed by atoms with E-state index >= 15 is 0 Å². The fourth-order valence-corrected chi connectivity index (χ4v) is 0.874. The average Bonchev–Trinajstić information content (AvgIpc) is 2.04. The SMILES string of the molecule is C1=CCCCCC=C1.CC#N.CC#N.[Rh]. The number of nitrogens with zero attached hydrogens (tertiary/aromatic N) is 2. The molecule has 2 nitrogen and oxygen atoms in total. The predicted octanol–water partition coefficient (Wildman–Crippen LogP) is 3.73. The van der Waals surface area contributed by atoms with Gasteiger partial charge in [-0.25, -0.2) is 0 Å². The van der Waals surface area contributed by atoms with Crippen LogP contribution in [-0.4, -0.2) is 0 Å². The van der Waals surface area contributed by atoms with Crippen molar-refractivity contribution >= 4 is 0 Å². The van der Waals surface area contributed by atoms with Gasteiger partial charge in [-0.15, -0.1) is 0 Å². The molecule has 0 spiro atoms. The maximum atomic E-state index is 7.32. The van der Waals surface area contributed by atoms with E-state index in [4.69, 9.17) is 10.5 Å². The van der Waals surface area contributed by atoms with Gasteiger partial charge in [0, 0.05) is 33.3 Å². The molecule has 0 aromatic carbocycles. The van der Waals surface area contributed by atoms with Crippen LogP contribution in [0.1, 0.15) is 39.5 Å². The smallest absolute Gasteiger partial charge is 0.0587 e. The normalized spacial score (nSPS) is 11.7. The monoisotopic (exact) mass is 293 g/mol. The van der Waals surface area contributed by atoms with E-state index in [0.29, 0.717) is 0 Å². The Morgan fingerprint density at radius 2 is 1.13 bits per heavy atom. The molecule has 0 unspecified atom stereocenters. The van der Waals surface area contributed by atoms with Gasteiger partial charge in [0.25, 0.3) is 0 Å². The van der Waals surface area contributed by atoms with Crippen LogP contribution in [0.15, 0.2) is 24.3 Å². The fourth-order valence-electron chi connectivity index (χ4n) is 0.874. The Morgan fingerprint density at radius 3 is 1.40 bits per heavy atom. The van der Waals surface area contributed by atoms with Gasteiger partial charge in [-0.2, -0.15) is 10.5 Å². The first kappa shape index (κ1) is 19.6. The molecule has 1 aliphatic rings. The molecule has 1 radical (unpaired) electrons. The minimum Gasteiger partial charge on any atom is -0.199 e. The van der Waals surface area contributed by atoms with Crippen molar-refractivity contribution in [3.63, 3.8) is 0 Å². The van der Waals surface area contributed by atoms with Gasteiger partial charge in [0.05, 0.1) is 12.1 Å². The maximum absolute atomic E-state index is 7.32. The maximum Gasteiger partial charge on any atom is 0.0587 e. The molecule has 0 atom stereocenters. The third-order valence-electron chi connectivity index (χ3n) is 1.37.